The maximum absolute atomic E-state index is 5.32. The van der Waals surface area contributed by atoms with Crippen LogP contribution in [0, 0.1) is 0 Å². The van der Waals surface area contributed by atoms with Gasteiger partial charge in [0, 0.05) is 31.6 Å². The monoisotopic (exact) mass is 219 g/mol. The highest BCUT2D eigenvalue weighted by atomic mass is 16.5. The van der Waals surface area contributed by atoms with E-state index in [-0.39, 0.29) is 0 Å². The molecular formula is C10H13N5O. The van der Waals surface area contributed by atoms with Crippen LogP contribution in [0.2, 0.25) is 0 Å². The first-order valence-electron chi connectivity index (χ1n) is 5.42. The number of hydrogen-bond donors (Lipinski definition) is 1. The molecule has 1 N–H and O–H groups in total. The minimum atomic E-state index is 0.421. The molecule has 0 aliphatic carbocycles. The van der Waals surface area contributed by atoms with Crippen molar-refractivity contribution >= 4 is 11.5 Å². The van der Waals surface area contributed by atoms with Gasteiger partial charge in [0.25, 0.3) is 0 Å². The zero-order valence-corrected chi connectivity index (χ0v) is 8.83. The van der Waals surface area contributed by atoms with Crippen LogP contribution in [0.5, 0.6) is 0 Å². The van der Waals surface area contributed by atoms with Crippen molar-refractivity contribution in [2.24, 2.45) is 0 Å². The Labute approximate surface area is 92.7 Å². The second-order valence-corrected chi connectivity index (χ2v) is 3.87. The molecule has 0 saturated carbocycles. The Morgan fingerprint density at radius 3 is 3.12 bits per heavy atom. The molecule has 0 radical (unpaired) electrons. The highest BCUT2D eigenvalue weighted by Gasteiger charge is 2.15. The van der Waals surface area contributed by atoms with Crippen molar-refractivity contribution in [1.82, 2.24) is 19.6 Å². The van der Waals surface area contributed by atoms with Crippen molar-refractivity contribution in [1.29, 1.82) is 0 Å². The van der Waals surface area contributed by atoms with Gasteiger partial charge in [-0.05, 0) is 12.8 Å². The number of aromatic nitrogens is 4. The Balaban J connectivity index is 1.85. The number of nitrogens with zero attached hydrogens (tertiary/aromatic N) is 4. The quantitative estimate of drug-likeness (QED) is 0.806. The van der Waals surface area contributed by atoms with E-state index in [4.69, 9.17) is 4.74 Å². The lowest BCUT2D eigenvalue weighted by Gasteiger charge is -2.23. The second-order valence-electron chi connectivity index (χ2n) is 3.87. The fourth-order valence-corrected chi connectivity index (χ4v) is 1.90. The van der Waals surface area contributed by atoms with Gasteiger partial charge in [-0.2, -0.15) is 0 Å². The van der Waals surface area contributed by atoms with Gasteiger partial charge < -0.3 is 10.1 Å². The van der Waals surface area contributed by atoms with Gasteiger partial charge in [0.1, 0.15) is 6.33 Å². The maximum atomic E-state index is 5.32. The molecule has 1 aliphatic heterocycles. The lowest BCUT2D eigenvalue weighted by molar-refractivity contribution is 0.0904. The first kappa shape index (κ1) is 9.53. The third-order valence-electron chi connectivity index (χ3n) is 2.78. The lowest BCUT2D eigenvalue weighted by Crippen LogP contribution is -2.28. The van der Waals surface area contributed by atoms with Crippen molar-refractivity contribution in [3.8, 4) is 0 Å². The van der Waals surface area contributed by atoms with Crippen LogP contribution in [0.3, 0.4) is 0 Å². The molecule has 1 saturated heterocycles. The van der Waals surface area contributed by atoms with E-state index in [0.717, 1.165) is 37.5 Å². The van der Waals surface area contributed by atoms with Crippen molar-refractivity contribution in [2.45, 2.75) is 18.9 Å². The summed E-state index contributed by atoms with van der Waals surface area (Å²) in [5.41, 5.74) is 0.772. The van der Waals surface area contributed by atoms with Crippen molar-refractivity contribution in [3.63, 3.8) is 0 Å². The van der Waals surface area contributed by atoms with E-state index in [9.17, 15) is 0 Å². The Morgan fingerprint density at radius 2 is 2.25 bits per heavy atom. The van der Waals surface area contributed by atoms with Gasteiger partial charge in [0.2, 0.25) is 5.65 Å². The summed E-state index contributed by atoms with van der Waals surface area (Å²) in [6.45, 7) is 1.63. The smallest absolute Gasteiger partial charge is 0.203 e. The molecule has 16 heavy (non-hydrogen) atoms. The van der Waals surface area contributed by atoms with Crippen LogP contribution in [0.15, 0.2) is 18.7 Å². The van der Waals surface area contributed by atoms with E-state index in [1.54, 1.807) is 12.5 Å². The summed E-state index contributed by atoms with van der Waals surface area (Å²) in [5, 5.41) is 11.3. The third-order valence-corrected chi connectivity index (χ3v) is 2.78. The molecule has 0 amide bonds. The molecule has 0 atom stereocenters. The van der Waals surface area contributed by atoms with Gasteiger partial charge in [-0.25, -0.2) is 4.98 Å². The Hall–Kier alpha value is -1.69. The van der Waals surface area contributed by atoms with E-state index in [2.05, 4.69) is 20.5 Å². The third kappa shape index (κ3) is 1.71. The molecular weight excluding hydrogens is 206 g/mol. The van der Waals surface area contributed by atoms with E-state index in [0.29, 0.717) is 6.04 Å². The second kappa shape index (κ2) is 4.05. The van der Waals surface area contributed by atoms with Crippen LogP contribution < -0.4 is 5.32 Å². The average molecular weight is 219 g/mol. The molecule has 2 aromatic heterocycles. The first-order chi connectivity index (χ1) is 7.93. The Kier molecular flexibility index (Phi) is 2.41. The van der Waals surface area contributed by atoms with Gasteiger partial charge in [-0.1, -0.05) is 0 Å². The van der Waals surface area contributed by atoms with Gasteiger partial charge >= 0.3 is 0 Å². The number of fused-ring (bicyclic) bond motifs is 1. The predicted octanol–water partition coefficient (Wildman–Crippen LogP) is 0.715. The van der Waals surface area contributed by atoms with Crippen molar-refractivity contribution in [2.75, 3.05) is 18.5 Å². The van der Waals surface area contributed by atoms with E-state index in [1.807, 2.05) is 10.6 Å². The molecule has 0 spiro atoms. The number of nitrogens with one attached hydrogen (secondary N) is 1. The molecule has 2 aromatic rings. The Morgan fingerprint density at radius 1 is 1.38 bits per heavy atom. The summed E-state index contributed by atoms with van der Waals surface area (Å²) in [4.78, 5) is 4.30. The average Bonchev–Trinajstić information content (AvgIpc) is 2.80. The van der Waals surface area contributed by atoms with Crippen LogP contribution in [0.4, 0.5) is 5.82 Å². The van der Waals surface area contributed by atoms with Crippen molar-refractivity contribution < 1.29 is 4.74 Å². The predicted molar refractivity (Wildman–Crippen MR) is 58.2 cm³/mol. The van der Waals surface area contributed by atoms with Crippen molar-refractivity contribution in [3.05, 3.63) is 18.7 Å². The minimum absolute atomic E-state index is 0.421. The largest absolute Gasteiger partial charge is 0.381 e. The standard InChI is InChI=1S/C10H13N5O/c1-5-16-6-2-8(1)13-9-10-14-12-7-15(10)4-3-11-9/h3-4,7-8H,1-2,5-6H2,(H,11,13). The van der Waals surface area contributed by atoms with Gasteiger partial charge in [0.05, 0.1) is 0 Å². The fraction of sp³-hybridized carbons (Fsp3) is 0.500. The van der Waals surface area contributed by atoms with E-state index in [1.165, 1.54) is 0 Å². The maximum Gasteiger partial charge on any atom is 0.203 e. The summed E-state index contributed by atoms with van der Waals surface area (Å²) in [6, 6.07) is 0.421. The number of hydrogen-bond acceptors (Lipinski definition) is 5. The summed E-state index contributed by atoms with van der Waals surface area (Å²) >= 11 is 0. The molecule has 3 heterocycles. The summed E-state index contributed by atoms with van der Waals surface area (Å²) < 4.78 is 7.17. The van der Waals surface area contributed by atoms with Crippen LogP contribution in [-0.2, 0) is 4.74 Å². The molecule has 1 fully saturated rings. The van der Waals surface area contributed by atoms with Gasteiger partial charge in [0.15, 0.2) is 5.82 Å². The van der Waals surface area contributed by atoms with Gasteiger partial charge in [-0.15, -0.1) is 10.2 Å². The molecule has 1 aliphatic rings. The molecule has 6 heteroatoms. The van der Waals surface area contributed by atoms with Crippen LogP contribution >= 0.6 is 0 Å². The van der Waals surface area contributed by atoms with E-state index >= 15 is 0 Å². The van der Waals surface area contributed by atoms with Crippen LogP contribution in [0.1, 0.15) is 12.8 Å². The minimum Gasteiger partial charge on any atom is -0.381 e. The summed E-state index contributed by atoms with van der Waals surface area (Å²) in [5.74, 6) is 0.798. The van der Waals surface area contributed by atoms with Crippen LogP contribution in [-0.4, -0.2) is 38.8 Å². The summed E-state index contributed by atoms with van der Waals surface area (Å²) in [7, 11) is 0. The Bertz CT molecular complexity index is 477. The molecule has 0 bridgehead atoms. The molecule has 0 unspecified atom stereocenters. The zero-order chi connectivity index (χ0) is 10.8. The molecule has 6 nitrogen and oxygen atoms in total. The van der Waals surface area contributed by atoms with Gasteiger partial charge in [-0.3, -0.25) is 4.40 Å². The lowest BCUT2D eigenvalue weighted by atomic mass is 10.1. The SMILES string of the molecule is c1cn2cnnc2c(NC2CCOCC2)n1. The molecule has 3 rings (SSSR count). The topological polar surface area (TPSA) is 64.3 Å². The van der Waals surface area contributed by atoms with E-state index < -0.39 is 0 Å². The molecule has 0 aromatic carbocycles. The highest BCUT2D eigenvalue weighted by Crippen LogP contribution is 2.15. The molecule has 84 valence electrons. The van der Waals surface area contributed by atoms with Crippen LogP contribution in [0.25, 0.3) is 5.65 Å². The highest BCUT2D eigenvalue weighted by molar-refractivity contribution is 5.61. The zero-order valence-electron chi connectivity index (χ0n) is 8.83. The normalized spacial score (nSPS) is 17.8. The first-order valence-corrected chi connectivity index (χ1v) is 5.42. The number of ether oxygens (including phenoxy) is 1. The summed E-state index contributed by atoms with van der Waals surface area (Å²) in [6.07, 6.45) is 7.28. The fourth-order valence-electron chi connectivity index (χ4n) is 1.90. The number of anilines is 1. The number of rotatable bonds is 2.